The van der Waals surface area contributed by atoms with Crippen molar-refractivity contribution in [3.63, 3.8) is 0 Å². The number of hydrogen-bond acceptors (Lipinski definition) is 6. The quantitative estimate of drug-likeness (QED) is 0.848. The lowest BCUT2D eigenvalue weighted by Crippen LogP contribution is -2.51. The highest BCUT2D eigenvalue weighted by molar-refractivity contribution is 5.79. The third-order valence-electron chi connectivity index (χ3n) is 5.71. The van der Waals surface area contributed by atoms with E-state index < -0.39 is 0 Å². The van der Waals surface area contributed by atoms with E-state index in [0.717, 1.165) is 70.5 Å². The Labute approximate surface area is 149 Å². The first-order valence-corrected chi connectivity index (χ1v) is 9.57. The minimum Gasteiger partial charge on any atom is -0.368 e. The van der Waals surface area contributed by atoms with E-state index in [4.69, 9.17) is 5.73 Å². The normalized spacial score (nSPS) is 25.8. The second-order valence-electron chi connectivity index (χ2n) is 7.61. The van der Waals surface area contributed by atoms with Crippen LogP contribution in [0.25, 0.3) is 0 Å². The van der Waals surface area contributed by atoms with Gasteiger partial charge in [-0.1, -0.05) is 0 Å². The van der Waals surface area contributed by atoms with Gasteiger partial charge in [0.15, 0.2) is 0 Å². The Balaban J connectivity index is 1.30. The van der Waals surface area contributed by atoms with E-state index in [-0.39, 0.29) is 11.8 Å². The molecule has 1 aliphatic carbocycles. The highest BCUT2D eigenvalue weighted by Crippen LogP contribution is 2.27. The topological polar surface area (TPSA) is 87.4 Å². The van der Waals surface area contributed by atoms with E-state index in [1.165, 1.54) is 0 Å². The molecular formula is C18H28N6O. The number of amides is 1. The van der Waals surface area contributed by atoms with Crippen LogP contribution in [0.2, 0.25) is 0 Å². The SMILES string of the molecule is Nc1nccc(N2CCC(N3CCC[C@@H](C(=O)NC4CC4)C3)CC2)n1. The summed E-state index contributed by atoms with van der Waals surface area (Å²) in [7, 11) is 0. The molecule has 1 aromatic heterocycles. The summed E-state index contributed by atoms with van der Waals surface area (Å²) in [6, 6.07) is 2.97. The summed E-state index contributed by atoms with van der Waals surface area (Å²) in [4.78, 5) is 25.5. The molecule has 3 heterocycles. The molecule has 0 spiro atoms. The summed E-state index contributed by atoms with van der Waals surface area (Å²) in [5.41, 5.74) is 5.70. The summed E-state index contributed by atoms with van der Waals surface area (Å²) >= 11 is 0. The maximum Gasteiger partial charge on any atom is 0.224 e. The number of nitrogens with zero attached hydrogens (tertiary/aromatic N) is 4. The van der Waals surface area contributed by atoms with Crippen molar-refractivity contribution in [1.82, 2.24) is 20.2 Å². The molecule has 0 bridgehead atoms. The number of aromatic nitrogens is 2. The highest BCUT2D eigenvalue weighted by atomic mass is 16.2. The van der Waals surface area contributed by atoms with Crippen LogP contribution < -0.4 is 16.0 Å². The second kappa shape index (κ2) is 7.15. The molecule has 0 unspecified atom stereocenters. The Kier molecular flexibility index (Phi) is 4.74. The van der Waals surface area contributed by atoms with Crippen molar-refractivity contribution in [3.05, 3.63) is 12.3 Å². The molecule has 1 saturated carbocycles. The van der Waals surface area contributed by atoms with Crippen molar-refractivity contribution in [2.24, 2.45) is 5.92 Å². The average Bonchev–Trinajstić information content (AvgIpc) is 3.46. The fourth-order valence-corrected chi connectivity index (χ4v) is 4.10. The Bertz CT molecular complexity index is 611. The molecule has 3 aliphatic rings. The number of nitrogen functional groups attached to an aromatic ring is 1. The van der Waals surface area contributed by atoms with Crippen LogP contribution in [0, 0.1) is 5.92 Å². The molecule has 136 valence electrons. The largest absolute Gasteiger partial charge is 0.368 e. The molecule has 2 saturated heterocycles. The van der Waals surface area contributed by atoms with E-state index in [1.54, 1.807) is 6.20 Å². The second-order valence-corrected chi connectivity index (χ2v) is 7.61. The summed E-state index contributed by atoms with van der Waals surface area (Å²) < 4.78 is 0. The van der Waals surface area contributed by atoms with E-state index in [9.17, 15) is 4.79 Å². The third kappa shape index (κ3) is 4.03. The van der Waals surface area contributed by atoms with Gasteiger partial charge >= 0.3 is 0 Å². The standard InChI is InChI=1S/C18H28N6O/c19-18-20-8-5-16(22-18)23-10-6-15(7-11-23)24-9-1-2-13(12-24)17(25)21-14-3-4-14/h5,8,13-15H,1-4,6-7,9-12H2,(H,21,25)(H2,19,20,22)/t13-/m1/s1. The van der Waals surface area contributed by atoms with Crippen LogP contribution in [0.3, 0.4) is 0 Å². The molecule has 7 heteroatoms. The summed E-state index contributed by atoms with van der Waals surface area (Å²) in [6.07, 6.45) is 8.43. The number of carbonyl (C=O) groups is 1. The van der Waals surface area contributed by atoms with Crippen LogP contribution in [-0.2, 0) is 4.79 Å². The maximum absolute atomic E-state index is 12.4. The first kappa shape index (κ1) is 16.6. The summed E-state index contributed by atoms with van der Waals surface area (Å²) in [5.74, 6) is 1.71. The van der Waals surface area contributed by atoms with Gasteiger partial charge in [-0.25, -0.2) is 4.98 Å². The molecule has 1 atom stereocenters. The van der Waals surface area contributed by atoms with Gasteiger partial charge in [-0.2, -0.15) is 4.98 Å². The number of hydrogen-bond donors (Lipinski definition) is 2. The van der Waals surface area contributed by atoms with Crippen molar-refractivity contribution in [3.8, 4) is 0 Å². The van der Waals surface area contributed by atoms with Gasteiger partial charge in [-0.3, -0.25) is 9.69 Å². The number of rotatable bonds is 4. The zero-order valence-corrected chi connectivity index (χ0v) is 14.7. The third-order valence-corrected chi connectivity index (χ3v) is 5.71. The molecule has 0 aromatic carbocycles. The Morgan fingerprint density at radius 3 is 2.68 bits per heavy atom. The maximum atomic E-state index is 12.4. The molecule has 1 amide bonds. The van der Waals surface area contributed by atoms with E-state index >= 15 is 0 Å². The molecule has 2 aliphatic heterocycles. The first-order valence-electron chi connectivity index (χ1n) is 9.57. The van der Waals surface area contributed by atoms with Crippen LogP contribution in [0.4, 0.5) is 11.8 Å². The Morgan fingerprint density at radius 1 is 1.16 bits per heavy atom. The average molecular weight is 344 g/mol. The zero-order chi connectivity index (χ0) is 17.2. The van der Waals surface area contributed by atoms with Gasteiger partial charge in [0.05, 0.1) is 5.92 Å². The number of anilines is 2. The lowest BCUT2D eigenvalue weighted by Gasteiger charge is -2.42. The van der Waals surface area contributed by atoms with Crippen molar-refractivity contribution in [2.45, 2.75) is 50.6 Å². The molecule has 0 radical (unpaired) electrons. The van der Waals surface area contributed by atoms with Crippen LogP contribution in [0.15, 0.2) is 12.3 Å². The lowest BCUT2D eigenvalue weighted by atomic mass is 9.93. The number of nitrogens with one attached hydrogen (secondary N) is 1. The zero-order valence-electron chi connectivity index (χ0n) is 14.7. The fourth-order valence-electron chi connectivity index (χ4n) is 4.10. The van der Waals surface area contributed by atoms with Gasteiger partial charge in [0.2, 0.25) is 11.9 Å². The van der Waals surface area contributed by atoms with Crippen LogP contribution in [0.1, 0.15) is 38.5 Å². The van der Waals surface area contributed by atoms with Gasteiger partial charge in [0.1, 0.15) is 5.82 Å². The van der Waals surface area contributed by atoms with Crippen LogP contribution in [-0.4, -0.2) is 59.0 Å². The summed E-state index contributed by atoms with van der Waals surface area (Å²) in [5, 5.41) is 3.18. The minimum absolute atomic E-state index is 0.175. The predicted octanol–water partition coefficient (Wildman–Crippen LogP) is 1.02. The van der Waals surface area contributed by atoms with E-state index in [0.29, 0.717) is 18.0 Å². The Morgan fingerprint density at radius 2 is 1.96 bits per heavy atom. The van der Waals surface area contributed by atoms with E-state index in [2.05, 4.69) is 25.1 Å². The van der Waals surface area contributed by atoms with E-state index in [1.807, 2.05) is 6.07 Å². The number of nitrogens with two attached hydrogens (primary N) is 1. The van der Waals surface area contributed by atoms with Crippen molar-refractivity contribution >= 4 is 17.7 Å². The Hall–Kier alpha value is -1.89. The number of piperidine rings is 2. The molecule has 1 aromatic rings. The van der Waals surface area contributed by atoms with Crippen molar-refractivity contribution in [2.75, 3.05) is 36.8 Å². The number of likely N-dealkylation sites (tertiary alicyclic amines) is 1. The lowest BCUT2D eigenvalue weighted by molar-refractivity contribution is -0.127. The molecular weight excluding hydrogens is 316 g/mol. The predicted molar refractivity (Wildman–Crippen MR) is 97.1 cm³/mol. The van der Waals surface area contributed by atoms with Crippen molar-refractivity contribution in [1.29, 1.82) is 0 Å². The van der Waals surface area contributed by atoms with Gasteiger partial charge in [-0.05, 0) is 51.1 Å². The first-order chi connectivity index (χ1) is 12.2. The van der Waals surface area contributed by atoms with Gasteiger partial charge in [0, 0.05) is 37.9 Å². The molecule has 4 rings (SSSR count). The van der Waals surface area contributed by atoms with Gasteiger partial charge < -0.3 is 16.0 Å². The molecule has 3 fully saturated rings. The van der Waals surface area contributed by atoms with Crippen molar-refractivity contribution < 1.29 is 4.79 Å². The smallest absolute Gasteiger partial charge is 0.224 e. The monoisotopic (exact) mass is 344 g/mol. The highest BCUT2D eigenvalue weighted by Gasteiger charge is 2.33. The number of carbonyl (C=O) groups excluding carboxylic acids is 1. The van der Waals surface area contributed by atoms with Crippen LogP contribution in [0.5, 0.6) is 0 Å². The summed E-state index contributed by atoms with van der Waals surface area (Å²) in [6.45, 7) is 4.01. The van der Waals surface area contributed by atoms with Gasteiger partial charge in [-0.15, -0.1) is 0 Å². The fraction of sp³-hybridized carbons (Fsp3) is 0.722. The van der Waals surface area contributed by atoms with Gasteiger partial charge in [0.25, 0.3) is 0 Å². The molecule has 7 nitrogen and oxygen atoms in total. The molecule has 3 N–H and O–H groups in total. The minimum atomic E-state index is 0.175. The molecule has 25 heavy (non-hydrogen) atoms. The van der Waals surface area contributed by atoms with Crippen LogP contribution >= 0.6 is 0 Å².